The minimum atomic E-state index is -1.58. The molecule has 1 rings (SSSR count). The lowest BCUT2D eigenvalue weighted by Crippen LogP contribution is -2.29. The van der Waals surface area contributed by atoms with Crippen molar-refractivity contribution in [2.45, 2.75) is 26.2 Å². The van der Waals surface area contributed by atoms with Crippen LogP contribution in [0, 0.1) is 11.7 Å². The van der Waals surface area contributed by atoms with Crippen LogP contribution in [-0.4, -0.2) is 22.6 Å². The SMILES string of the molecule is CCC(C(=O)CCc1ccc(F)cc1)C(=O)C(=O)O. The zero-order chi connectivity index (χ0) is 14.4. The van der Waals surface area contributed by atoms with Crippen molar-refractivity contribution < 1.29 is 23.9 Å². The summed E-state index contributed by atoms with van der Waals surface area (Å²) in [4.78, 5) is 33.7. The maximum Gasteiger partial charge on any atom is 0.372 e. The first-order valence-corrected chi connectivity index (χ1v) is 6.00. The molecule has 102 valence electrons. The largest absolute Gasteiger partial charge is 0.475 e. The molecule has 0 bridgehead atoms. The standard InChI is InChI=1S/C14H15FO4/c1-2-11(13(17)14(18)19)12(16)8-5-9-3-6-10(15)7-4-9/h3-4,6-7,11H,2,5,8H2,1H3,(H,18,19). The molecule has 1 N–H and O–H groups in total. The maximum absolute atomic E-state index is 12.7. The second kappa shape index (κ2) is 6.78. The Hall–Kier alpha value is -2.04. The number of carbonyl (C=O) groups is 3. The van der Waals surface area contributed by atoms with Crippen LogP contribution >= 0.6 is 0 Å². The third-order valence-electron chi connectivity index (χ3n) is 2.90. The number of benzene rings is 1. The molecule has 0 spiro atoms. The first-order valence-electron chi connectivity index (χ1n) is 6.00. The van der Waals surface area contributed by atoms with Gasteiger partial charge in [-0.25, -0.2) is 9.18 Å². The van der Waals surface area contributed by atoms with Crippen LogP contribution in [0.3, 0.4) is 0 Å². The number of carbonyl (C=O) groups excluding carboxylic acids is 2. The molecule has 0 aromatic heterocycles. The van der Waals surface area contributed by atoms with Crippen molar-refractivity contribution in [2.75, 3.05) is 0 Å². The van der Waals surface area contributed by atoms with E-state index in [-0.39, 0.29) is 24.4 Å². The zero-order valence-electron chi connectivity index (χ0n) is 10.6. The fourth-order valence-corrected chi connectivity index (χ4v) is 1.80. The summed E-state index contributed by atoms with van der Waals surface area (Å²) in [5, 5.41) is 8.60. The summed E-state index contributed by atoms with van der Waals surface area (Å²) in [5.74, 6) is -4.48. The van der Waals surface area contributed by atoms with E-state index in [1.165, 1.54) is 12.1 Å². The number of aryl methyl sites for hydroxylation is 1. The summed E-state index contributed by atoms with van der Waals surface area (Å²) in [5.41, 5.74) is 0.771. The van der Waals surface area contributed by atoms with E-state index in [9.17, 15) is 18.8 Å². The van der Waals surface area contributed by atoms with Crippen LogP contribution in [0.5, 0.6) is 0 Å². The van der Waals surface area contributed by atoms with Crippen molar-refractivity contribution in [3.63, 3.8) is 0 Å². The molecule has 1 unspecified atom stereocenters. The molecule has 0 heterocycles. The Morgan fingerprint density at radius 3 is 2.26 bits per heavy atom. The summed E-state index contributed by atoms with van der Waals surface area (Å²) in [6, 6.07) is 5.70. The molecule has 5 heteroatoms. The van der Waals surface area contributed by atoms with Gasteiger partial charge in [0, 0.05) is 6.42 Å². The molecular formula is C14H15FO4. The van der Waals surface area contributed by atoms with E-state index < -0.39 is 17.7 Å². The number of hydrogen-bond acceptors (Lipinski definition) is 3. The molecule has 0 fully saturated rings. The Morgan fingerprint density at radius 1 is 1.21 bits per heavy atom. The smallest absolute Gasteiger partial charge is 0.372 e. The van der Waals surface area contributed by atoms with Gasteiger partial charge in [0.15, 0.2) is 0 Å². The number of halogens is 1. The molecule has 1 atom stereocenters. The molecule has 19 heavy (non-hydrogen) atoms. The molecule has 0 aliphatic carbocycles. The Kier molecular flexibility index (Phi) is 5.36. The normalized spacial score (nSPS) is 11.9. The van der Waals surface area contributed by atoms with Crippen molar-refractivity contribution in [1.82, 2.24) is 0 Å². The molecule has 0 saturated heterocycles. The highest BCUT2D eigenvalue weighted by Gasteiger charge is 2.29. The van der Waals surface area contributed by atoms with E-state index in [2.05, 4.69) is 0 Å². The Balaban J connectivity index is 2.61. The van der Waals surface area contributed by atoms with E-state index >= 15 is 0 Å². The molecule has 1 aromatic rings. The van der Waals surface area contributed by atoms with Gasteiger partial charge in [-0.1, -0.05) is 19.1 Å². The fourth-order valence-electron chi connectivity index (χ4n) is 1.80. The summed E-state index contributed by atoms with van der Waals surface area (Å²) in [6.45, 7) is 1.60. The minimum Gasteiger partial charge on any atom is -0.475 e. The highest BCUT2D eigenvalue weighted by atomic mass is 19.1. The second-order valence-electron chi connectivity index (χ2n) is 4.22. The molecule has 0 aliphatic rings. The average molecular weight is 266 g/mol. The van der Waals surface area contributed by atoms with Crippen LogP contribution in [0.25, 0.3) is 0 Å². The summed E-state index contributed by atoms with van der Waals surface area (Å²) in [7, 11) is 0. The molecule has 4 nitrogen and oxygen atoms in total. The fraction of sp³-hybridized carbons (Fsp3) is 0.357. The van der Waals surface area contributed by atoms with Crippen LogP contribution in [0.1, 0.15) is 25.3 Å². The van der Waals surface area contributed by atoms with Gasteiger partial charge in [0.2, 0.25) is 5.78 Å². The third kappa shape index (κ3) is 4.28. The van der Waals surface area contributed by atoms with Crippen LogP contribution in [0.4, 0.5) is 4.39 Å². The van der Waals surface area contributed by atoms with Crippen molar-refractivity contribution in [3.8, 4) is 0 Å². The summed E-state index contributed by atoms with van der Waals surface area (Å²) < 4.78 is 12.7. The van der Waals surface area contributed by atoms with Gasteiger partial charge in [-0.2, -0.15) is 0 Å². The lowest BCUT2D eigenvalue weighted by Gasteiger charge is -2.09. The molecule has 0 saturated carbocycles. The monoisotopic (exact) mass is 266 g/mol. The predicted molar refractivity (Wildman–Crippen MR) is 66.2 cm³/mol. The van der Waals surface area contributed by atoms with Gasteiger partial charge in [-0.3, -0.25) is 9.59 Å². The van der Waals surface area contributed by atoms with Crippen LogP contribution in [0.15, 0.2) is 24.3 Å². The van der Waals surface area contributed by atoms with Gasteiger partial charge < -0.3 is 5.11 Å². The number of carboxylic acids is 1. The molecule has 0 amide bonds. The van der Waals surface area contributed by atoms with Gasteiger partial charge in [-0.05, 0) is 30.5 Å². The van der Waals surface area contributed by atoms with E-state index in [1.807, 2.05) is 0 Å². The van der Waals surface area contributed by atoms with Crippen molar-refractivity contribution in [2.24, 2.45) is 5.92 Å². The predicted octanol–water partition coefficient (Wildman–Crippen LogP) is 2.01. The highest BCUT2D eigenvalue weighted by molar-refractivity contribution is 6.37. The van der Waals surface area contributed by atoms with E-state index in [0.29, 0.717) is 6.42 Å². The highest BCUT2D eigenvalue weighted by Crippen LogP contribution is 2.12. The second-order valence-corrected chi connectivity index (χ2v) is 4.22. The molecule has 1 aromatic carbocycles. The molecule has 0 radical (unpaired) electrons. The van der Waals surface area contributed by atoms with Crippen LogP contribution in [-0.2, 0) is 20.8 Å². The van der Waals surface area contributed by atoms with Gasteiger partial charge >= 0.3 is 5.97 Å². The van der Waals surface area contributed by atoms with Gasteiger partial charge in [0.1, 0.15) is 11.6 Å². The van der Waals surface area contributed by atoms with Crippen molar-refractivity contribution in [3.05, 3.63) is 35.6 Å². The first kappa shape index (κ1) is 15.0. The van der Waals surface area contributed by atoms with Crippen molar-refractivity contribution in [1.29, 1.82) is 0 Å². The number of ketones is 2. The maximum atomic E-state index is 12.7. The number of carboxylic acid groups (broad SMARTS) is 1. The number of hydrogen-bond donors (Lipinski definition) is 1. The third-order valence-corrected chi connectivity index (χ3v) is 2.90. The average Bonchev–Trinajstić information content (AvgIpc) is 2.38. The van der Waals surface area contributed by atoms with Gasteiger partial charge in [-0.15, -0.1) is 0 Å². The Bertz CT molecular complexity index is 479. The van der Waals surface area contributed by atoms with E-state index in [1.54, 1.807) is 19.1 Å². The van der Waals surface area contributed by atoms with Crippen LogP contribution in [0.2, 0.25) is 0 Å². The van der Waals surface area contributed by atoms with Gasteiger partial charge in [0.25, 0.3) is 0 Å². The zero-order valence-corrected chi connectivity index (χ0v) is 10.6. The lowest BCUT2D eigenvalue weighted by molar-refractivity contribution is -0.153. The number of rotatable bonds is 7. The Labute approximate surface area is 110 Å². The molecular weight excluding hydrogens is 251 g/mol. The van der Waals surface area contributed by atoms with Gasteiger partial charge in [0.05, 0.1) is 5.92 Å². The van der Waals surface area contributed by atoms with E-state index in [0.717, 1.165) is 5.56 Å². The van der Waals surface area contributed by atoms with Crippen molar-refractivity contribution >= 4 is 17.5 Å². The summed E-state index contributed by atoms with van der Waals surface area (Å²) in [6.07, 6.45) is 0.610. The number of Topliss-reactive ketones (excluding diaryl/α,β-unsaturated/α-hetero) is 2. The number of aliphatic carboxylic acids is 1. The van der Waals surface area contributed by atoms with E-state index in [4.69, 9.17) is 5.11 Å². The minimum absolute atomic E-state index is 0.0726. The first-order chi connectivity index (χ1) is 8.95. The quantitative estimate of drug-likeness (QED) is 0.605. The Morgan fingerprint density at radius 2 is 1.79 bits per heavy atom. The molecule has 0 aliphatic heterocycles. The van der Waals surface area contributed by atoms with Crippen LogP contribution < -0.4 is 0 Å². The topological polar surface area (TPSA) is 71.4 Å². The lowest BCUT2D eigenvalue weighted by atomic mass is 9.92. The summed E-state index contributed by atoms with van der Waals surface area (Å²) >= 11 is 0.